The third-order valence-electron chi connectivity index (χ3n) is 5.15. The van der Waals surface area contributed by atoms with Gasteiger partial charge in [-0.1, -0.05) is 23.2 Å². The van der Waals surface area contributed by atoms with Crippen LogP contribution < -0.4 is 15.8 Å². The maximum absolute atomic E-state index is 12.8. The van der Waals surface area contributed by atoms with Crippen molar-refractivity contribution in [2.24, 2.45) is 7.05 Å². The fourth-order valence-electron chi connectivity index (χ4n) is 3.56. The first kappa shape index (κ1) is 21.2. The van der Waals surface area contributed by atoms with Crippen LogP contribution in [0.2, 0.25) is 10.0 Å². The zero-order valence-electron chi connectivity index (χ0n) is 17.2. The van der Waals surface area contributed by atoms with E-state index >= 15 is 0 Å². The molecule has 3 N–H and O–H groups in total. The Morgan fingerprint density at radius 3 is 2.71 bits per heavy atom. The van der Waals surface area contributed by atoms with Crippen molar-refractivity contribution in [2.75, 3.05) is 12.8 Å². The first-order valence-corrected chi connectivity index (χ1v) is 10.2. The average molecular weight is 462 g/mol. The number of nitrogens with one attached hydrogen (secondary N) is 1. The lowest BCUT2D eigenvalue weighted by molar-refractivity contribution is 0.197. The zero-order valence-corrected chi connectivity index (χ0v) is 18.8. The molecule has 9 nitrogen and oxygen atoms in total. The van der Waals surface area contributed by atoms with Gasteiger partial charge >= 0.3 is 6.03 Å². The second kappa shape index (κ2) is 8.24. The SMILES string of the molecule is COc1cc(Cl)cc(Cl)c1-c1nc(N)nc2c1CN(C(=O)NCc1cc(C)n(C)n1)C2. The van der Waals surface area contributed by atoms with Crippen LogP contribution in [0, 0.1) is 6.92 Å². The molecule has 3 heterocycles. The third-order valence-corrected chi connectivity index (χ3v) is 5.66. The summed E-state index contributed by atoms with van der Waals surface area (Å²) in [5, 5.41) is 8.06. The summed E-state index contributed by atoms with van der Waals surface area (Å²) in [5.41, 5.74) is 10.3. The topological polar surface area (TPSA) is 111 Å². The average Bonchev–Trinajstić information content (AvgIpc) is 3.28. The Bertz CT molecular complexity index is 1160. The largest absolute Gasteiger partial charge is 0.496 e. The number of halogens is 2. The number of rotatable bonds is 4. The number of carbonyl (C=O) groups excluding carboxylic acids is 1. The molecular formula is C20H21Cl2N7O2. The van der Waals surface area contributed by atoms with Crippen LogP contribution in [0.15, 0.2) is 18.2 Å². The van der Waals surface area contributed by atoms with Crippen LogP contribution in [0.1, 0.15) is 22.6 Å². The van der Waals surface area contributed by atoms with Crippen LogP contribution in [-0.2, 0) is 26.7 Å². The van der Waals surface area contributed by atoms with E-state index in [9.17, 15) is 4.79 Å². The summed E-state index contributed by atoms with van der Waals surface area (Å²) in [5.74, 6) is 0.555. The molecule has 1 aromatic carbocycles. The molecule has 0 fully saturated rings. The smallest absolute Gasteiger partial charge is 0.318 e. The van der Waals surface area contributed by atoms with Crippen molar-refractivity contribution in [3.05, 3.63) is 50.9 Å². The number of methoxy groups -OCH3 is 1. The van der Waals surface area contributed by atoms with Crippen LogP contribution in [0.25, 0.3) is 11.3 Å². The van der Waals surface area contributed by atoms with Gasteiger partial charge in [-0.25, -0.2) is 14.8 Å². The monoisotopic (exact) mass is 461 g/mol. The van der Waals surface area contributed by atoms with Gasteiger partial charge in [0.2, 0.25) is 5.95 Å². The minimum absolute atomic E-state index is 0.0908. The second-order valence-corrected chi connectivity index (χ2v) is 8.08. The number of hydrogen-bond donors (Lipinski definition) is 2. The lowest BCUT2D eigenvalue weighted by Crippen LogP contribution is -2.36. The van der Waals surface area contributed by atoms with Gasteiger partial charge in [0, 0.05) is 23.3 Å². The number of amides is 2. The Morgan fingerprint density at radius 1 is 1.26 bits per heavy atom. The molecule has 31 heavy (non-hydrogen) atoms. The summed E-state index contributed by atoms with van der Waals surface area (Å²) in [4.78, 5) is 23.1. The Hall–Kier alpha value is -3.04. The molecule has 2 aromatic heterocycles. The van der Waals surface area contributed by atoms with Crippen molar-refractivity contribution < 1.29 is 9.53 Å². The quantitative estimate of drug-likeness (QED) is 0.616. The number of urea groups is 1. The van der Waals surface area contributed by atoms with E-state index in [1.54, 1.807) is 21.7 Å². The fraction of sp³-hybridized carbons (Fsp3) is 0.300. The normalized spacial score (nSPS) is 12.7. The number of aryl methyl sites for hydroxylation is 2. The molecule has 0 saturated heterocycles. The van der Waals surface area contributed by atoms with Gasteiger partial charge in [-0.2, -0.15) is 5.10 Å². The summed E-state index contributed by atoms with van der Waals surface area (Å²) in [6, 6.07) is 4.96. The Morgan fingerprint density at radius 2 is 2.03 bits per heavy atom. The van der Waals surface area contributed by atoms with E-state index in [2.05, 4.69) is 20.4 Å². The standard InChI is InChI=1S/C20H21Cl2N7O2/c1-10-4-12(27-28(10)2)7-24-20(30)29-8-13-15(9-29)25-19(23)26-18(13)17-14(22)5-11(21)6-16(17)31-3/h4-6H,7-9H2,1-3H3,(H,24,30)(H2,23,25,26). The number of fused-ring (bicyclic) bond motifs is 1. The van der Waals surface area contributed by atoms with Crippen molar-refractivity contribution in [1.29, 1.82) is 0 Å². The highest BCUT2D eigenvalue weighted by atomic mass is 35.5. The van der Waals surface area contributed by atoms with Gasteiger partial charge in [0.25, 0.3) is 0 Å². The van der Waals surface area contributed by atoms with E-state index in [0.29, 0.717) is 52.4 Å². The number of aromatic nitrogens is 4. The molecule has 0 unspecified atom stereocenters. The van der Waals surface area contributed by atoms with Gasteiger partial charge in [0.1, 0.15) is 5.75 Å². The van der Waals surface area contributed by atoms with Gasteiger partial charge < -0.3 is 20.7 Å². The number of carbonyl (C=O) groups is 1. The molecule has 4 rings (SSSR count). The number of nitrogens with two attached hydrogens (primary N) is 1. The van der Waals surface area contributed by atoms with Crippen molar-refractivity contribution in [3.8, 4) is 17.0 Å². The molecule has 0 radical (unpaired) electrons. The molecule has 0 aliphatic carbocycles. The van der Waals surface area contributed by atoms with Crippen LogP contribution in [0.5, 0.6) is 5.75 Å². The van der Waals surface area contributed by atoms with Crippen LogP contribution in [0.4, 0.5) is 10.7 Å². The van der Waals surface area contributed by atoms with E-state index in [1.807, 2.05) is 20.0 Å². The summed E-state index contributed by atoms with van der Waals surface area (Å²) < 4.78 is 7.23. The van der Waals surface area contributed by atoms with E-state index in [0.717, 1.165) is 17.0 Å². The van der Waals surface area contributed by atoms with Gasteiger partial charge in [-0.05, 0) is 25.1 Å². The van der Waals surface area contributed by atoms with Crippen LogP contribution in [-0.4, -0.2) is 37.8 Å². The number of anilines is 1. The number of nitrogen functional groups attached to an aromatic ring is 1. The summed E-state index contributed by atoms with van der Waals surface area (Å²) in [6.07, 6.45) is 0. The van der Waals surface area contributed by atoms with Gasteiger partial charge in [0.15, 0.2) is 0 Å². The highest BCUT2D eigenvalue weighted by Gasteiger charge is 2.30. The number of ether oxygens (including phenoxy) is 1. The van der Waals surface area contributed by atoms with Crippen LogP contribution >= 0.6 is 23.2 Å². The Balaban J connectivity index is 1.60. The number of hydrogen-bond acceptors (Lipinski definition) is 6. The fourth-order valence-corrected chi connectivity index (χ4v) is 4.13. The predicted octanol–water partition coefficient (Wildman–Crippen LogP) is 3.31. The van der Waals surface area contributed by atoms with E-state index in [-0.39, 0.29) is 12.0 Å². The van der Waals surface area contributed by atoms with Gasteiger partial charge in [0.05, 0.1) is 54.4 Å². The number of benzene rings is 1. The molecule has 11 heteroatoms. The van der Waals surface area contributed by atoms with Gasteiger partial charge in [-0.15, -0.1) is 0 Å². The highest BCUT2D eigenvalue weighted by Crippen LogP contribution is 2.42. The van der Waals surface area contributed by atoms with E-state index < -0.39 is 0 Å². The molecule has 0 saturated carbocycles. The minimum Gasteiger partial charge on any atom is -0.496 e. The molecular weight excluding hydrogens is 441 g/mol. The maximum Gasteiger partial charge on any atom is 0.318 e. The summed E-state index contributed by atoms with van der Waals surface area (Å²) >= 11 is 12.6. The predicted molar refractivity (Wildman–Crippen MR) is 118 cm³/mol. The van der Waals surface area contributed by atoms with Crippen LogP contribution in [0.3, 0.4) is 0 Å². The van der Waals surface area contributed by atoms with Crippen molar-refractivity contribution in [2.45, 2.75) is 26.6 Å². The molecule has 0 atom stereocenters. The van der Waals surface area contributed by atoms with Crippen molar-refractivity contribution >= 4 is 35.2 Å². The first-order chi connectivity index (χ1) is 14.8. The van der Waals surface area contributed by atoms with E-state index in [1.165, 1.54) is 7.11 Å². The Kier molecular flexibility index (Phi) is 5.63. The van der Waals surface area contributed by atoms with Crippen molar-refractivity contribution in [3.63, 3.8) is 0 Å². The molecule has 1 aliphatic heterocycles. The third kappa shape index (κ3) is 4.11. The molecule has 162 valence electrons. The molecule has 0 bridgehead atoms. The molecule has 1 aliphatic rings. The second-order valence-electron chi connectivity index (χ2n) is 7.24. The first-order valence-electron chi connectivity index (χ1n) is 9.47. The number of nitrogens with zero attached hydrogens (tertiary/aromatic N) is 5. The lowest BCUT2D eigenvalue weighted by Gasteiger charge is -2.16. The maximum atomic E-state index is 12.8. The van der Waals surface area contributed by atoms with E-state index in [4.69, 9.17) is 33.7 Å². The highest BCUT2D eigenvalue weighted by molar-refractivity contribution is 6.37. The Labute approximate surface area is 189 Å². The van der Waals surface area contributed by atoms with Gasteiger partial charge in [-0.3, -0.25) is 4.68 Å². The van der Waals surface area contributed by atoms with Crippen molar-refractivity contribution in [1.82, 2.24) is 30.0 Å². The minimum atomic E-state index is -0.236. The lowest BCUT2D eigenvalue weighted by atomic mass is 10.0. The zero-order chi connectivity index (χ0) is 22.3. The molecule has 3 aromatic rings. The molecule has 2 amide bonds. The molecule has 0 spiro atoms. The summed E-state index contributed by atoms with van der Waals surface area (Å²) in [6.45, 7) is 2.89. The summed E-state index contributed by atoms with van der Waals surface area (Å²) in [7, 11) is 3.38.